The van der Waals surface area contributed by atoms with Crippen molar-refractivity contribution in [3.63, 3.8) is 0 Å². The van der Waals surface area contributed by atoms with Crippen molar-refractivity contribution < 1.29 is 9.53 Å². The molecule has 1 fully saturated rings. The summed E-state index contributed by atoms with van der Waals surface area (Å²) < 4.78 is 5.34. The van der Waals surface area contributed by atoms with Gasteiger partial charge in [0.05, 0.1) is 23.9 Å². The van der Waals surface area contributed by atoms with Crippen LogP contribution in [0.25, 0.3) is 11.3 Å². The molecular weight excluding hydrogens is 350 g/mol. The highest BCUT2D eigenvalue weighted by Gasteiger charge is 2.24. The van der Waals surface area contributed by atoms with Gasteiger partial charge in [-0.15, -0.1) is 0 Å². The maximum atomic E-state index is 12.1. The number of carbonyl (C=O) groups excluding carboxylic acids is 1. The molecule has 2 aromatic rings. The largest absolute Gasteiger partial charge is 0.449 e. The monoisotopic (exact) mass is 377 g/mol. The van der Waals surface area contributed by atoms with Gasteiger partial charge in [-0.3, -0.25) is 4.98 Å². The van der Waals surface area contributed by atoms with Crippen LogP contribution in [0.15, 0.2) is 42.6 Å². The van der Waals surface area contributed by atoms with Crippen molar-refractivity contribution in [2.45, 2.75) is 33.1 Å². The Balaban J connectivity index is 1.57. The molecule has 0 N–H and O–H groups in total. The summed E-state index contributed by atoms with van der Waals surface area (Å²) in [5, 5.41) is 9.09. The Hall–Kier alpha value is -2.87. The number of likely N-dealkylation sites (tertiary alicyclic amines) is 1. The minimum atomic E-state index is -0.183. The lowest BCUT2D eigenvalue weighted by Crippen LogP contribution is -2.39. The Morgan fingerprint density at radius 2 is 2.07 bits per heavy atom. The fourth-order valence-corrected chi connectivity index (χ4v) is 3.50. The molecule has 0 bridgehead atoms. The van der Waals surface area contributed by atoms with E-state index in [1.165, 1.54) is 5.56 Å². The second-order valence-corrected chi connectivity index (χ2v) is 7.85. The Kier molecular flexibility index (Phi) is 6.65. The molecule has 0 spiro atoms. The summed E-state index contributed by atoms with van der Waals surface area (Å²) in [4.78, 5) is 18.3. The number of aromatic nitrogens is 1. The molecule has 1 aliphatic rings. The highest BCUT2D eigenvalue weighted by molar-refractivity contribution is 5.67. The zero-order chi connectivity index (χ0) is 19.9. The minimum Gasteiger partial charge on any atom is -0.449 e. The Morgan fingerprint density at radius 3 is 2.79 bits per heavy atom. The van der Waals surface area contributed by atoms with Crippen LogP contribution >= 0.6 is 0 Å². The molecule has 0 saturated carbocycles. The number of nitrogens with zero attached hydrogens (tertiary/aromatic N) is 3. The number of carbonyl (C=O) groups is 1. The lowest BCUT2D eigenvalue weighted by molar-refractivity contribution is 0.0790. The number of nitriles is 1. The summed E-state index contributed by atoms with van der Waals surface area (Å²) >= 11 is 0. The van der Waals surface area contributed by atoms with E-state index in [1.807, 2.05) is 36.9 Å². The van der Waals surface area contributed by atoms with Crippen molar-refractivity contribution >= 4 is 6.09 Å². The van der Waals surface area contributed by atoms with Gasteiger partial charge in [0.15, 0.2) is 0 Å². The van der Waals surface area contributed by atoms with Crippen molar-refractivity contribution in [3.05, 3.63) is 53.7 Å². The molecule has 28 heavy (non-hydrogen) atoms. The molecule has 1 saturated heterocycles. The van der Waals surface area contributed by atoms with Gasteiger partial charge in [0.1, 0.15) is 0 Å². The van der Waals surface area contributed by atoms with Crippen LogP contribution in [0.5, 0.6) is 0 Å². The van der Waals surface area contributed by atoms with Gasteiger partial charge < -0.3 is 9.64 Å². The van der Waals surface area contributed by atoms with Gasteiger partial charge in [0.2, 0.25) is 0 Å². The highest BCUT2D eigenvalue weighted by atomic mass is 16.6. The number of piperidine rings is 1. The summed E-state index contributed by atoms with van der Waals surface area (Å²) in [5.74, 6) is 0.917. The molecule has 1 aromatic carbocycles. The first-order valence-electron chi connectivity index (χ1n) is 9.92. The highest BCUT2D eigenvalue weighted by Crippen LogP contribution is 2.25. The van der Waals surface area contributed by atoms with Crippen LogP contribution < -0.4 is 0 Å². The Bertz CT molecular complexity index is 849. The third-order valence-electron chi connectivity index (χ3n) is 5.05. The fourth-order valence-electron chi connectivity index (χ4n) is 3.50. The van der Waals surface area contributed by atoms with Crippen molar-refractivity contribution in [3.8, 4) is 17.3 Å². The maximum absolute atomic E-state index is 12.1. The number of ether oxygens (including phenoxy) is 1. The molecule has 0 radical (unpaired) electrons. The smallest absolute Gasteiger partial charge is 0.409 e. The molecule has 2 heterocycles. The van der Waals surface area contributed by atoms with Crippen LogP contribution in [0.3, 0.4) is 0 Å². The van der Waals surface area contributed by atoms with Gasteiger partial charge in [-0.05, 0) is 54.9 Å². The lowest BCUT2D eigenvalue weighted by Gasteiger charge is -2.31. The first kappa shape index (κ1) is 19.9. The van der Waals surface area contributed by atoms with Gasteiger partial charge >= 0.3 is 6.09 Å². The molecule has 1 amide bonds. The molecule has 1 aliphatic heterocycles. The van der Waals surface area contributed by atoms with E-state index in [2.05, 4.69) is 23.2 Å². The van der Waals surface area contributed by atoms with E-state index in [-0.39, 0.29) is 6.09 Å². The quantitative estimate of drug-likeness (QED) is 0.759. The SMILES string of the molecule is CC(C)COC(=O)N1CCC(Cc2cccc(-c3cc(C#N)ccn3)c2)CC1. The van der Waals surface area contributed by atoms with Crippen molar-refractivity contribution in [2.75, 3.05) is 19.7 Å². The first-order chi connectivity index (χ1) is 13.5. The number of hydrogen-bond donors (Lipinski definition) is 0. The third-order valence-corrected chi connectivity index (χ3v) is 5.05. The molecule has 146 valence electrons. The predicted molar refractivity (Wildman–Crippen MR) is 109 cm³/mol. The van der Waals surface area contributed by atoms with E-state index in [4.69, 9.17) is 10.00 Å². The summed E-state index contributed by atoms with van der Waals surface area (Å²) in [6.07, 6.45) is 4.46. The van der Waals surface area contributed by atoms with Gasteiger partial charge in [0, 0.05) is 24.8 Å². The predicted octanol–water partition coefficient (Wildman–Crippen LogP) is 4.67. The number of pyridine rings is 1. The second-order valence-electron chi connectivity index (χ2n) is 7.85. The minimum absolute atomic E-state index is 0.183. The van der Waals surface area contributed by atoms with E-state index >= 15 is 0 Å². The molecule has 3 rings (SSSR count). The van der Waals surface area contributed by atoms with Gasteiger partial charge in [-0.25, -0.2) is 4.79 Å². The Morgan fingerprint density at radius 1 is 1.29 bits per heavy atom. The van der Waals surface area contributed by atoms with Crippen molar-refractivity contribution in [1.82, 2.24) is 9.88 Å². The molecule has 5 heteroatoms. The molecular formula is C23H27N3O2. The maximum Gasteiger partial charge on any atom is 0.409 e. The van der Waals surface area contributed by atoms with Gasteiger partial charge in [0.25, 0.3) is 0 Å². The first-order valence-corrected chi connectivity index (χ1v) is 9.92. The van der Waals surface area contributed by atoms with Crippen LogP contribution in [-0.4, -0.2) is 35.7 Å². The average molecular weight is 377 g/mol. The van der Waals surface area contributed by atoms with Crippen molar-refractivity contribution in [2.24, 2.45) is 11.8 Å². The molecule has 0 atom stereocenters. The van der Waals surface area contributed by atoms with Crippen LogP contribution in [0.1, 0.15) is 37.8 Å². The van der Waals surface area contributed by atoms with E-state index in [0.717, 1.165) is 43.6 Å². The summed E-state index contributed by atoms with van der Waals surface area (Å²) in [6, 6.07) is 14.1. The van der Waals surface area contributed by atoms with Crippen LogP contribution in [0.4, 0.5) is 4.79 Å². The standard InChI is InChI=1S/C23H27N3O2/c1-17(2)16-28-23(27)26-10-7-18(8-11-26)12-19-4-3-5-21(13-19)22-14-20(15-24)6-9-25-22/h3-6,9,13-14,17-18H,7-8,10-12,16H2,1-2H3. The summed E-state index contributed by atoms with van der Waals surface area (Å²) in [5.41, 5.74) is 3.74. The Labute approximate surface area is 167 Å². The zero-order valence-electron chi connectivity index (χ0n) is 16.6. The van der Waals surface area contributed by atoms with Gasteiger partial charge in [-0.2, -0.15) is 5.26 Å². The van der Waals surface area contributed by atoms with Crippen LogP contribution in [-0.2, 0) is 11.2 Å². The second kappa shape index (κ2) is 9.36. The number of amides is 1. The normalized spacial score (nSPS) is 14.7. The summed E-state index contributed by atoms with van der Waals surface area (Å²) in [7, 11) is 0. The lowest BCUT2D eigenvalue weighted by atomic mass is 9.89. The number of rotatable bonds is 5. The van der Waals surface area contributed by atoms with E-state index in [0.29, 0.717) is 24.0 Å². The number of hydrogen-bond acceptors (Lipinski definition) is 4. The van der Waals surface area contributed by atoms with E-state index < -0.39 is 0 Å². The van der Waals surface area contributed by atoms with E-state index in [9.17, 15) is 4.79 Å². The topological polar surface area (TPSA) is 66.2 Å². The third kappa shape index (κ3) is 5.32. The van der Waals surface area contributed by atoms with Crippen LogP contribution in [0, 0.1) is 23.2 Å². The van der Waals surface area contributed by atoms with Crippen LogP contribution in [0.2, 0.25) is 0 Å². The van der Waals surface area contributed by atoms with Gasteiger partial charge in [-0.1, -0.05) is 32.0 Å². The molecule has 0 unspecified atom stereocenters. The molecule has 5 nitrogen and oxygen atoms in total. The molecule has 1 aromatic heterocycles. The fraction of sp³-hybridized carbons (Fsp3) is 0.435. The average Bonchev–Trinajstić information content (AvgIpc) is 2.73. The zero-order valence-corrected chi connectivity index (χ0v) is 16.6. The molecule has 0 aliphatic carbocycles. The summed E-state index contributed by atoms with van der Waals surface area (Å²) in [6.45, 7) is 6.08. The number of benzene rings is 1. The van der Waals surface area contributed by atoms with E-state index in [1.54, 1.807) is 12.3 Å². The van der Waals surface area contributed by atoms with Crippen molar-refractivity contribution in [1.29, 1.82) is 5.26 Å².